The second-order valence-corrected chi connectivity index (χ2v) is 7.70. The summed E-state index contributed by atoms with van der Waals surface area (Å²) in [7, 11) is 5.83. The summed E-state index contributed by atoms with van der Waals surface area (Å²) in [5, 5.41) is 8.42. The summed E-state index contributed by atoms with van der Waals surface area (Å²) in [6.07, 6.45) is 2.50. The Hall–Kier alpha value is -3.06. The van der Waals surface area contributed by atoms with Crippen LogP contribution in [-0.4, -0.2) is 59.1 Å². The maximum absolute atomic E-state index is 12.6. The molecular formula is C24H34N5O2+. The molecule has 2 aromatic rings. The first-order valence-electron chi connectivity index (χ1n) is 11.0. The average molecular weight is 425 g/mol. The quantitative estimate of drug-likeness (QED) is 0.290. The van der Waals surface area contributed by atoms with E-state index in [4.69, 9.17) is 4.74 Å². The Morgan fingerprint density at radius 3 is 2.42 bits per heavy atom. The summed E-state index contributed by atoms with van der Waals surface area (Å²) in [5.74, 6) is -0.396. The van der Waals surface area contributed by atoms with Crippen LogP contribution in [0.25, 0.3) is 0 Å². The van der Waals surface area contributed by atoms with Crippen molar-refractivity contribution < 1.29 is 14.8 Å². The Labute approximate surface area is 185 Å². The Morgan fingerprint density at radius 1 is 1.10 bits per heavy atom. The first-order valence-corrected chi connectivity index (χ1v) is 11.0. The first kappa shape index (κ1) is 22.6. The molecule has 1 fully saturated rings. The lowest BCUT2D eigenvalue weighted by molar-refractivity contribution is -0.538. The average Bonchev–Trinajstić information content (AvgIpc) is 3.33. The van der Waals surface area contributed by atoms with Crippen molar-refractivity contribution in [2.75, 3.05) is 62.2 Å². The van der Waals surface area contributed by atoms with Gasteiger partial charge in [-0.05, 0) is 50.1 Å². The number of carbonyl (C=O) groups excluding carboxylic acids is 1. The molecule has 0 atom stereocenters. The monoisotopic (exact) mass is 424 g/mol. The molecule has 3 rings (SSSR count). The number of anilines is 3. The van der Waals surface area contributed by atoms with Gasteiger partial charge in [-0.2, -0.15) is 5.10 Å². The van der Waals surface area contributed by atoms with Crippen molar-refractivity contribution in [3.8, 4) is 0 Å². The van der Waals surface area contributed by atoms with Crippen LogP contribution in [0.2, 0.25) is 0 Å². The fourth-order valence-electron chi connectivity index (χ4n) is 3.83. The largest absolute Gasteiger partial charge is 0.461 e. The number of quaternary nitrogens is 1. The minimum atomic E-state index is -0.396. The van der Waals surface area contributed by atoms with Crippen LogP contribution < -0.4 is 20.1 Å². The van der Waals surface area contributed by atoms with Gasteiger partial charge in [-0.1, -0.05) is 12.1 Å². The molecule has 166 valence electrons. The highest BCUT2D eigenvalue weighted by Crippen LogP contribution is 2.24. The molecule has 0 radical (unpaired) electrons. The number of hydrazone groups is 1. The fraction of sp³-hybridized carbons (Fsp3) is 0.417. The van der Waals surface area contributed by atoms with Gasteiger partial charge < -0.3 is 19.9 Å². The van der Waals surface area contributed by atoms with Crippen molar-refractivity contribution in [3.05, 3.63) is 48.5 Å². The summed E-state index contributed by atoms with van der Waals surface area (Å²) in [5.41, 5.74) is 4.67. The zero-order chi connectivity index (χ0) is 22.2. The molecule has 31 heavy (non-hydrogen) atoms. The smallest absolute Gasteiger partial charge is 0.356 e. The molecule has 0 saturated carbocycles. The number of nitrogens with zero attached hydrogens (tertiary/aromatic N) is 4. The summed E-state index contributed by atoms with van der Waals surface area (Å²) in [6, 6.07) is 16.4. The number of esters is 1. The van der Waals surface area contributed by atoms with Crippen molar-refractivity contribution >= 4 is 34.4 Å². The molecule has 2 aromatic carbocycles. The number of benzene rings is 2. The number of ether oxygens (including phenoxy) is 1. The van der Waals surface area contributed by atoms with Crippen molar-refractivity contribution in [3.63, 3.8) is 0 Å². The second kappa shape index (κ2) is 10.8. The Balaban J connectivity index is 1.79. The van der Waals surface area contributed by atoms with Gasteiger partial charge in [0.25, 0.3) is 0 Å². The number of para-hydroxylation sites is 2. The summed E-state index contributed by atoms with van der Waals surface area (Å²) in [4.78, 5) is 17.1. The molecule has 1 aliphatic rings. The molecule has 1 heterocycles. The lowest BCUT2D eigenvalue weighted by Gasteiger charge is -2.23. The minimum Gasteiger partial charge on any atom is -0.461 e. The molecule has 0 aromatic heterocycles. The number of carbonyl (C=O) groups is 1. The molecule has 2 N–H and O–H groups in total. The molecule has 0 spiro atoms. The van der Waals surface area contributed by atoms with Gasteiger partial charge in [-0.3, -0.25) is 5.01 Å². The SMILES string of the molecule is CCOC(=O)/C(CN(C)c1ccccc1[NH2+]C)=N\N(C)c1ccc(N2CCCC2)cc1. The second-order valence-electron chi connectivity index (χ2n) is 7.70. The third-order valence-electron chi connectivity index (χ3n) is 5.52. The van der Waals surface area contributed by atoms with Crippen LogP contribution in [-0.2, 0) is 9.53 Å². The van der Waals surface area contributed by atoms with Gasteiger partial charge in [0.05, 0.1) is 31.6 Å². The van der Waals surface area contributed by atoms with E-state index >= 15 is 0 Å². The summed E-state index contributed by atoms with van der Waals surface area (Å²) >= 11 is 0. The number of hydrogen-bond acceptors (Lipinski definition) is 6. The van der Waals surface area contributed by atoms with Crippen molar-refractivity contribution in [1.82, 2.24) is 0 Å². The van der Waals surface area contributed by atoms with Crippen molar-refractivity contribution in [2.45, 2.75) is 19.8 Å². The summed E-state index contributed by atoms with van der Waals surface area (Å²) in [6.45, 7) is 4.70. The number of hydrogen-bond donors (Lipinski definition) is 1. The number of rotatable bonds is 9. The molecule has 1 aliphatic heterocycles. The zero-order valence-electron chi connectivity index (χ0n) is 19.0. The number of nitrogens with two attached hydrogens (primary N) is 1. The van der Waals surface area contributed by atoms with E-state index < -0.39 is 5.97 Å². The molecule has 0 bridgehead atoms. The fourth-order valence-corrected chi connectivity index (χ4v) is 3.83. The van der Waals surface area contributed by atoms with E-state index in [9.17, 15) is 4.79 Å². The molecule has 1 saturated heterocycles. The standard InChI is InChI=1S/C24H33N5O2/c1-5-31-24(30)22(18-27(3)23-11-7-6-10-21(23)25-2)26-28(4)19-12-14-20(15-13-19)29-16-8-9-17-29/h6-7,10-15,25H,5,8-9,16-18H2,1-4H3/p+1/b26-22-. The van der Waals surface area contributed by atoms with Crippen LogP contribution in [0, 0.1) is 0 Å². The predicted octanol–water partition coefficient (Wildman–Crippen LogP) is 2.60. The van der Waals surface area contributed by atoms with Gasteiger partial charge in [0.15, 0.2) is 11.4 Å². The van der Waals surface area contributed by atoms with Gasteiger partial charge in [0.1, 0.15) is 0 Å². The molecule has 0 aliphatic carbocycles. The van der Waals surface area contributed by atoms with E-state index in [0.29, 0.717) is 18.9 Å². The van der Waals surface area contributed by atoms with Crippen molar-refractivity contribution in [2.24, 2.45) is 5.10 Å². The van der Waals surface area contributed by atoms with E-state index in [-0.39, 0.29) is 0 Å². The summed E-state index contributed by atoms with van der Waals surface area (Å²) < 4.78 is 5.28. The third kappa shape index (κ3) is 5.76. The highest BCUT2D eigenvalue weighted by Gasteiger charge is 2.19. The molecular weight excluding hydrogens is 390 g/mol. The Morgan fingerprint density at radius 2 is 1.77 bits per heavy atom. The molecule has 7 nitrogen and oxygen atoms in total. The van der Waals surface area contributed by atoms with E-state index in [1.807, 2.05) is 56.4 Å². The van der Waals surface area contributed by atoms with E-state index in [2.05, 4.69) is 33.5 Å². The van der Waals surface area contributed by atoms with Crippen LogP contribution >= 0.6 is 0 Å². The lowest BCUT2D eigenvalue weighted by Crippen LogP contribution is -2.73. The van der Waals surface area contributed by atoms with Crippen LogP contribution in [0.4, 0.5) is 22.7 Å². The predicted molar refractivity (Wildman–Crippen MR) is 128 cm³/mol. The van der Waals surface area contributed by atoms with Gasteiger partial charge in [-0.25, -0.2) is 4.79 Å². The van der Waals surface area contributed by atoms with Gasteiger partial charge in [-0.15, -0.1) is 0 Å². The zero-order valence-corrected chi connectivity index (χ0v) is 19.0. The Bertz CT molecular complexity index is 891. The van der Waals surface area contributed by atoms with Crippen LogP contribution in [0.15, 0.2) is 53.6 Å². The van der Waals surface area contributed by atoms with E-state index in [1.165, 1.54) is 18.5 Å². The third-order valence-corrected chi connectivity index (χ3v) is 5.52. The first-order chi connectivity index (χ1) is 15.0. The normalized spacial score (nSPS) is 13.9. The van der Waals surface area contributed by atoms with Crippen LogP contribution in [0.3, 0.4) is 0 Å². The van der Waals surface area contributed by atoms with Crippen molar-refractivity contribution in [1.29, 1.82) is 0 Å². The minimum absolute atomic E-state index is 0.315. The molecule has 7 heteroatoms. The van der Waals surface area contributed by atoms with E-state index in [0.717, 1.165) is 30.2 Å². The molecule has 0 amide bonds. The lowest BCUT2D eigenvalue weighted by atomic mass is 10.2. The topological polar surface area (TPSA) is 65.0 Å². The van der Waals surface area contributed by atoms with Gasteiger partial charge in [0, 0.05) is 38.9 Å². The maximum atomic E-state index is 12.6. The highest BCUT2D eigenvalue weighted by molar-refractivity contribution is 6.38. The highest BCUT2D eigenvalue weighted by atomic mass is 16.5. The van der Waals surface area contributed by atoms with Gasteiger partial charge in [0.2, 0.25) is 0 Å². The Kier molecular flexibility index (Phi) is 7.89. The van der Waals surface area contributed by atoms with Crippen LogP contribution in [0.1, 0.15) is 19.8 Å². The molecule has 0 unspecified atom stereocenters. The van der Waals surface area contributed by atoms with Crippen LogP contribution in [0.5, 0.6) is 0 Å². The van der Waals surface area contributed by atoms with Gasteiger partial charge >= 0.3 is 5.97 Å². The van der Waals surface area contributed by atoms with E-state index in [1.54, 1.807) is 11.9 Å². The maximum Gasteiger partial charge on any atom is 0.356 e.